The zero-order valence-corrected chi connectivity index (χ0v) is 12.9. The van der Waals surface area contributed by atoms with Crippen LogP contribution in [0.25, 0.3) is 0 Å². The third-order valence-corrected chi connectivity index (χ3v) is 4.13. The molecule has 0 radical (unpaired) electrons. The Morgan fingerprint density at radius 1 is 1.43 bits per heavy atom. The maximum atomic E-state index is 12.4. The molecule has 0 aliphatic heterocycles. The molecule has 1 aromatic carbocycles. The van der Waals surface area contributed by atoms with Crippen molar-refractivity contribution in [3.05, 3.63) is 48.4 Å². The van der Waals surface area contributed by atoms with Crippen molar-refractivity contribution in [2.45, 2.75) is 17.7 Å². The third kappa shape index (κ3) is 3.46. The quantitative estimate of drug-likeness (QED) is 0.626. The summed E-state index contributed by atoms with van der Waals surface area (Å²) in [5.41, 5.74) is -0.0677. The van der Waals surface area contributed by atoms with Gasteiger partial charge in [-0.05, 0) is 12.1 Å². The highest BCUT2D eigenvalue weighted by molar-refractivity contribution is 7.99. The summed E-state index contributed by atoms with van der Waals surface area (Å²) < 4.78 is 10.3. The van der Waals surface area contributed by atoms with Gasteiger partial charge in [0.15, 0.2) is 5.54 Å². The van der Waals surface area contributed by atoms with Crippen molar-refractivity contribution in [3.63, 3.8) is 0 Å². The number of esters is 1. The average molecular weight is 306 g/mol. The topological polar surface area (TPSA) is 64.4 Å². The number of hydrogen-bond donors (Lipinski definition) is 1. The minimum absolute atomic E-state index is 0.324. The highest BCUT2D eigenvalue weighted by atomic mass is 32.2. The number of aromatic nitrogens is 1. The molecule has 0 saturated carbocycles. The van der Waals surface area contributed by atoms with E-state index in [1.165, 1.54) is 25.1 Å². The molecule has 1 unspecified atom stereocenters. The summed E-state index contributed by atoms with van der Waals surface area (Å²) in [4.78, 5) is 16.5. The number of methoxy groups -OCH3 is 1. The lowest BCUT2D eigenvalue weighted by Crippen LogP contribution is -2.52. The molecule has 0 fully saturated rings. The predicted octanol–water partition coefficient (Wildman–Crippen LogP) is 2.44. The van der Waals surface area contributed by atoms with Crippen molar-refractivity contribution < 1.29 is 13.9 Å². The number of hydrogen-bond acceptors (Lipinski definition) is 6. The molecule has 1 heterocycles. The molecular formula is C15H18N2O3S. The molecule has 0 bridgehead atoms. The van der Waals surface area contributed by atoms with E-state index in [1.54, 1.807) is 6.20 Å². The molecule has 1 aromatic heterocycles. The second kappa shape index (κ2) is 7.28. The highest BCUT2D eigenvalue weighted by Gasteiger charge is 2.41. The van der Waals surface area contributed by atoms with Gasteiger partial charge >= 0.3 is 5.97 Å². The highest BCUT2D eigenvalue weighted by Crippen LogP contribution is 2.30. The summed E-state index contributed by atoms with van der Waals surface area (Å²) in [6.07, 6.45) is 3.09. The minimum Gasteiger partial charge on any atom is -0.467 e. The number of likely N-dealkylation sites (N-methyl/N-ethyl adjacent to an activating group) is 1. The number of oxazole rings is 1. The van der Waals surface area contributed by atoms with Crippen molar-refractivity contribution in [3.8, 4) is 0 Å². The Morgan fingerprint density at radius 2 is 2.19 bits per heavy atom. The van der Waals surface area contributed by atoms with Crippen molar-refractivity contribution >= 4 is 17.7 Å². The number of rotatable bonds is 7. The second-order valence-corrected chi connectivity index (χ2v) is 5.31. The zero-order valence-electron chi connectivity index (χ0n) is 12.0. The van der Waals surface area contributed by atoms with Crippen LogP contribution in [0, 0.1) is 0 Å². The smallest absolute Gasteiger partial charge is 0.331 e. The van der Waals surface area contributed by atoms with Crippen LogP contribution in [0.15, 0.2) is 52.4 Å². The molecule has 1 N–H and O–H groups in total. The van der Waals surface area contributed by atoms with E-state index in [0.29, 0.717) is 17.5 Å². The first-order chi connectivity index (χ1) is 10.2. The van der Waals surface area contributed by atoms with Crippen LogP contribution in [0.5, 0.6) is 0 Å². The summed E-state index contributed by atoms with van der Waals surface area (Å²) in [5, 5.41) is 3.79. The molecular weight excluding hydrogens is 288 g/mol. The number of carbonyl (C=O) groups excluding carboxylic acids is 1. The number of thioether (sulfide) groups is 1. The van der Waals surface area contributed by atoms with Gasteiger partial charge in [-0.1, -0.05) is 49.0 Å². The van der Waals surface area contributed by atoms with Crippen molar-refractivity contribution in [1.29, 1.82) is 0 Å². The van der Waals surface area contributed by atoms with Crippen LogP contribution in [0.3, 0.4) is 0 Å². The Morgan fingerprint density at radius 3 is 2.76 bits per heavy atom. The molecule has 6 heteroatoms. The molecule has 1 atom stereocenters. The van der Waals surface area contributed by atoms with E-state index in [9.17, 15) is 4.79 Å². The lowest BCUT2D eigenvalue weighted by Gasteiger charge is -2.31. The molecule has 0 aliphatic rings. The Hall–Kier alpha value is -1.79. The Balaban J connectivity index is 2.33. The molecule has 0 saturated heterocycles. The van der Waals surface area contributed by atoms with Gasteiger partial charge in [0.2, 0.25) is 0 Å². The van der Waals surface area contributed by atoms with E-state index in [0.717, 1.165) is 5.56 Å². The molecule has 2 rings (SSSR count). The summed E-state index contributed by atoms with van der Waals surface area (Å²) in [5.74, 6) is 0.104. The van der Waals surface area contributed by atoms with E-state index >= 15 is 0 Å². The second-order valence-electron chi connectivity index (χ2n) is 4.38. The van der Waals surface area contributed by atoms with Gasteiger partial charge in [0, 0.05) is 5.75 Å². The van der Waals surface area contributed by atoms with Gasteiger partial charge in [0.25, 0.3) is 5.22 Å². The van der Waals surface area contributed by atoms with E-state index in [4.69, 9.17) is 9.15 Å². The van der Waals surface area contributed by atoms with Crippen LogP contribution < -0.4 is 5.32 Å². The fourth-order valence-electron chi connectivity index (χ4n) is 2.14. The van der Waals surface area contributed by atoms with E-state index in [2.05, 4.69) is 10.3 Å². The van der Waals surface area contributed by atoms with Gasteiger partial charge in [-0.15, -0.1) is 0 Å². The summed E-state index contributed by atoms with van der Waals surface area (Å²) >= 11 is 1.37. The van der Waals surface area contributed by atoms with Gasteiger partial charge in [-0.2, -0.15) is 0 Å². The SMILES string of the molecule is CCNC(CSc1ncco1)(C(=O)OC)c1ccccc1. The molecule has 2 aromatic rings. The fraction of sp³-hybridized carbons (Fsp3) is 0.333. The predicted molar refractivity (Wildman–Crippen MR) is 81.0 cm³/mol. The Bertz CT molecular complexity index is 560. The van der Waals surface area contributed by atoms with Crippen LogP contribution in [0.1, 0.15) is 12.5 Å². The van der Waals surface area contributed by atoms with Crippen LogP contribution in [-0.4, -0.2) is 30.4 Å². The normalized spacial score (nSPS) is 13.6. The summed E-state index contributed by atoms with van der Waals surface area (Å²) in [6, 6.07) is 9.55. The first-order valence-electron chi connectivity index (χ1n) is 6.64. The van der Waals surface area contributed by atoms with Crippen LogP contribution in [0.2, 0.25) is 0 Å². The molecule has 0 aliphatic carbocycles. The Kier molecular flexibility index (Phi) is 5.41. The standard InChI is InChI=1S/C15H18N2O3S/c1-3-17-15(13(18)19-2,12-7-5-4-6-8-12)11-21-14-16-9-10-20-14/h4-10,17H,3,11H2,1-2H3. The number of benzene rings is 1. The zero-order chi connectivity index (χ0) is 15.1. The maximum absolute atomic E-state index is 12.4. The summed E-state index contributed by atoms with van der Waals surface area (Å²) in [6.45, 7) is 2.59. The van der Waals surface area contributed by atoms with Gasteiger partial charge in [-0.3, -0.25) is 5.32 Å². The number of nitrogens with zero attached hydrogens (tertiary/aromatic N) is 1. The lowest BCUT2D eigenvalue weighted by molar-refractivity contribution is -0.148. The molecule has 21 heavy (non-hydrogen) atoms. The number of carbonyl (C=O) groups is 1. The maximum Gasteiger partial charge on any atom is 0.331 e. The largest absolute Gasteiger partial charge is 0.467 e. The fourth-order valence-corrected chi connectivity index (χ4v) is 3.12. The minimum atomic E-state index is -0.927. The van der Waals surface area contributed by atoms with Crippen molar-refractivity contribution in [2.24, 2.45) is 0 Å². The first-order valence-corrected chi connectivity index (χ1v) is 7.62. The van der Waals surface area contributed by atoms with E-state index < -0.39 is 5.54 Å². The van der Waals surface area contributed by atoms with E-state index in [1.807, 2.05) is 37.3 Å². The van der Waals surface area contributed by atoms with Gasteiger partial charge in [0.05, 0.1) is 13.3 Å². The van der Waals surface area contributed by atoms with Crippen LogP contribution in [-0.2, 0) is 15.1 Å². The third-order valence-electron chi connectivity index (χ3n) is 3.10. The van der Waals surface area contributed by atoms with Crippen LogP contribution in [0.4, 0.5) is 0 Å². The van der Waals surface area contributed by atoms with Gasteiger partial charge in [-0.25, -0.2) is 9.78 Å². The van der Waals surface area contributed by atoms with Crippen molar-refractivity contribution in [2.75, 3.05) is 19.4 Å². The lowest BCUT2D eigenvalue weighted by atomic mass is 9.91. The number of ether oxygens (including phenoxy) is 1. The monoisotopic (exact) mass is 306 g/mol. The summed E-state index contributed by atoms with van der Waals surface area (Å²) in [7, 11) is 1.40. The van der Waals surface area contributed by atoms with Gasteiger partial charge < -0.3 is 9.15 Å². The molecule has 0 amide bonds. The molecule has 0 spiro atoms. The molecule has 112 valence electrons. The van der Waals surface area contributed by atoms with Crippen LogP contribution >= 0.6 is 11.8 Å². The average Bonchev–Trinajstić information content (AvgIpc) is 3.05. The first kappa shape index (κ1) is 15.6. The van der Waals surface area contributed by atoms with E-state index in [-0.39, 0.29) is 5.97 Å². The van der Waals surface area contributed by atoms with Gasteiger partial charge in [0.1, 0.15) is 6.26 Å². The Labute approximate surface area is 128 Å². The van der Waals surface area contributed by atoms with Crippen molar-refractivity contribution in [1.82, 2.24) is 10.3 Å². The number of nitrogens with one attached hydrogen (secondary N) is 1. The molecule has 5 nitrogen and oxygen atoms in total.